The summed E-state index contributed by atoms with van der Waals surface area (Å²) in [4.78, 5) is 25.6. The molecular formula is C26H26N2O5S. The molecule has 0 spiro atoms. The van der Waals surface area contributed by atoms with Gasteiger partial charge in [-0.05, 0) is 29.7 Å². The number of nitrogens with one attached hydrogen (secondary N) is 1. The van der Waals surface area contributed by atoms with E-state index in [0.29, 0.717) is 6.42 Å². The van der Waals surface area contributed by atoms with Crippen molar-refractivity contribution in [2.45, 2.75) is 35.7 Å². The summed E-state index contributed by atoms with van der Waals surface area (Å²) < 4.78 is 28.1. The molecule has 0 radical (unpaired) electrons. The Morgan fingerprint density at radius 3 is 2.06 bits per heavy atom. The zero-order valence-corrected chi connectivity index (χ0v) is 19.3. The minimum absolute atomic E-state index is 0.0933. The van der Waals surface area contributed by atoms with Crippen molar-refractivity contribution in [3.8, 4) is 0 Å². The number of sulfonamides is 1. The Morgan fingerprint density at radius 2 is 1.47 bits per heavy atom. The molecule has 0 aliphatic carbocycles. The van der Waals surface area contributed by atoms with E-state index in [1.807, 2.05) is 36.4 Å². The number of hydrogen-bond acceptors (Lipinski definition) is 4. The Balaban J connectivity index is 1.66. The maximum Gasteiger partial charge on any atom is 0.326 e. The summed E-state index contributed by atoms with van der Waals surface area (Å²) in [5.74, 6) is -2.19. The molecule has 7 nitrogen and oxygen atoms in total. The minimum Gasteiger partial charge on any atom is -0.480 e. The van der Waals surface area contributed by atoms with Gasteiger partial charge in [-0.25, -0.2) is 13.2 Å². The fourth-order valence-corrected chi connectivity index (χ4v) is 6.09. The zero-order valence-electron chi connectivity index (χ0n) is 18.4. The van der Waals surface area contributed by atoms with Crippen LogP contribution in [0.1, 0.15) is 23.5 Å². The molecule has 1 fully saturated rings. The standard InChI is InChI=1S/C26H26N2O5S/c29-25(27-23(26(30)31)18-19-10-4-1-5-11-19)24-22(20-12-6-2-7-13-20)16-17-28(24)34(32,33)21-14-8-3-9-15-21/h1-15,22-24H,16-18H2,(H,27,29)(H,30,31)/t22-,23-,24-/m0/s1. The van der Waals surface area contributed by atoms with Crippen molar-refractivity contribution in [3.05, 3.63) is 102 Å². The Kier molecular flexibility index (Phi) is 7.09. The maximum absolute atomic E-state index is 13.5. The lowest BCUT2D eigenvalue weighted by molar-refractivity contribution is -0.142. The van der Waals surface area contributed by atoms with Gasteiger partial charge in [-0.3, -0.25) is 4.79 Å². The number of hydrogen-bond donors (Lipinski definition) is 2. The van der Waals surface area contributed by atoms with Crippen LogP contribution in [0.2, 0.25) is 0 Å². The molecule has 2 N–H and O–H groups in total. The van der Waals surface area contributed by atoms with E-state index >= 15 is 0 Å². The molecule has 0 saturated carbocycles. The van der Waals surface area contributed by atoms with Gasteiger partial charge in [0.05, 0.1) is 4.90 Å². The number of nitrogens with zero attached hydrogens (tertiary/aromatic N) is 1. The van der Waals surface area contributed by atoms with Crippen molar-refractivity contribution in [1.82, 2.24) is 9.62 Å². The van der Waals surface area contributed by atoms with Crippen molar-refractivity contribution >= 4 is 21.9 Å². The van der Waals surface area contributed by atoms with Crippen LogP contribution in [-0.2, 0) is 26.0 Å². The second kappa shape index (κ2) is 10.2. The monoisotopic (exact) mass is 478 g/mol. The Morgan fingerprint density at radius 1 is 0.912 bits per heavy atom. The number of amides is 1. The van der Waals surface area contributed by atoms with Crippen LogP contribution >= 0.6 is 0 Å². The van der Waals surface area contributed by atoms with Gasteiger partial charge in [0.2, 0.25) is 15.9 Å². The summed E-state index contributed by atoms with van der Waals surface area (Å²) in [5, 5.41) is 12.4. The van der Waals surface area contributed by atoms with E-state index in [1.54, 1.807) is 42.5 Å². The van der Waals surface area contributed by atoms with Gasteiger partial charge in [0, 0.05) is 18.9 Å². The topological polar surface area (TPSA) is 104 Å². The van der Waals surface area contributed by atoms with E-state index in [1.165, 1.54) is 16.4 Å². The van der Waals surface area contributed by atoms with Crippen LogP contribution in [0.25, 0.3) is 0 Å². The highest BCUT2D eigenvalue weighted by molar-refractivity contribution is 7.89. The van der Waals surface area contributed by atoms with E-state index in [-0.39, 0.29) is 17.9 Å². The van der Waals surface area contributed by atoms with Crippen molar-refractivity contribution in [2.24, 2.45) is 0 Å². The molecule has 1 aliphatic rings. The number of carboxylic acids is 1. The van der Waals surface area contributed by atoms with Crippen LogP contribution in [0.15, 0.2) is 95.9 Å². The first-order chi connectivity index (χ1) is 16.4. The molecule has 3 aromatic carbocycles. The number of carbonyl (C=O) groups is 2. The molecule has 0 bridgehead atoms. The zero-order chi connectivity index (χ0) is 24.1. The normalized spacial score (nSPS) is 19.4. The van der Waals surface area contributed by atoms with E-state index in [2.05, 4.69) is 5.32 Å². The van der Waals surface area contributed by atoms with E-state index in [9.17, 15) is 23.1 Å². The molecule has 3 aromatic rings. The van der Waals surface area contributed by atoms with Crippen molar-refractivity contribution in [3.63, 3.8) is 0 Å². The quantitative estimate of drug-likeness (QED) is 0.518. The number of rotatable bonds is 8. The molecule has 1 heterocycles. The van der Waals surface area contributed by atoms with E-state index in [0.717, 1.165) is 11.1 Å². The fourth-order valence-electron chi connectivity index (χ4n) is 4.43. The average molecular weight is 479 g/mol. The van der Waals surface area contributed by atoms with Gasteiger partial charge in [0.15, 0.2) is 0 Å². The third-order valence-corrected chi connectivity index (χ3v) is 7.99. The number of carbonyl (C=O) groups excluding carboxylic acids is 1. The molecule has 1 saturated heterocycles. The van der Waals surface area contributed by atoms with Gasteiger partial charge in [0.1, 0.15) is 12.1 Å². The fraction of sp³-hybridized carbons (Fsp3) is 0.231. The molecule has 1 amide bonds. The molecule has 4 rings (SSSR count). The van der Waals surface area contributed by atoms with Crippen LogP contribution in [0.5, 0.6) is 0 Å². The highest BCUT2D eigenvalue weighted by Gasteiger charge is 2.46. The van der Waals surface area contributed by atoms with E-state index < -0.39 is 39.9 Å². The first-order valence-electron chi connectivity index (χ1n) is 11.1. The predicted octanol–water partition coefficient (Wildman–Crippen LogP) is 3.05. The highest BCUT2D eigenvalue weighted by Crippen LogP contribution is 2.37. The molecule has 8 heteroatoms. The molecule has 176 valence electrons. The summed E-state index contributed by atoms with van der Waals surface area (Å²) in [6.07, 6.45) is 0.542. The number of benzene rings is 3. The van der Waals surface area contributed by atoms with Crippen LogP contribution in [-0.4, -0.2) is 48.3 Å². The molecule has 0 unspecified atom stereocenters. The first kappa shape index (κ1) is 23.7. The van der Waals surface area contributed by atoms with Crippen LogP contribution in [0.3, 0.4) is 0 Å². The minimum atomic E-state index is -3.96. The SMILES string of the molecule is O=C(O)[C@H](Cc1ccccc1)NC(=O)[C@@H]1[C@H](c2ccccc2)CCN1S(=O)(=O)c1ccccc1. The molecular weight excluding hydrogens is 452 g/mol. The summed E-state index contributed by atoms with van der Waals surface area (Å²) in [7, 11) is -3.96. The maximum atomic E-state index is 13.5. The Labute approximate surface area is 199 Å². The summed E-state index contributed by atoms with van der Waals surface area (Å²) in [6, 6.07) is 24.0. The van der Waals surface area contributed by atoms with Crippen molar-refractivity contribution in [1.29, 1.82) is 0 Å². The second-order valence-electron chi connectivity index (χ2n) is 8.27. The van der Waals surface area contributed by atoms with E-state index in [4.69, 9.17) is 0 Å². The molecule has 0 aromatic heterocycles. The third kappa shape index (κ3) is 5.03. The van der Waals surface area contributed by atoms with Gasteiger partial charge in [-0.1, -0.05) is 78.9 Å². The lowest BCUT2D eigenvalue weighted by Crippen LogP contribution is -2.52. The largest absolute Gasteiger partial charge is 0.480 e. The molecule has 3 atom stereocenters. The first-order valence-corrected chi connectivity index (χ1v) is 12.5. The van der Waals surface area contributed by atoms with Gasteiger partial charge < -0.3 is 10.4 Å². The third-order valence-electron chi connectivity index (χ3n) is 6.10. The predicted molar refractivity (Wildman–Crippen MR) is 128 cm³/mol. The molecule has 1 aliphatic heterocycles. The Hall–Kier alpha value is -3.49. The van der Waals surface area contributed by atoms with Gasteiger partial charge >= 0.3 is 5.97 Å². The summed E-state index contributed by atoms with van der Waals surface area (Å²) in [5.41, 5.74) is 1.60. The highest BCUT2D eigenvalue weighted by atomic mass is 32.2. The summed E-state index contributed by atoms with van der Waals surface area (Å²) >= 11 is 0. The van der Waals surface area contributed by atoms with Crippen molar-refractivity contribution in [2.75, 3.05) is 6.54 Å². The van der Waals surface area contributed by atoms with Gasteiger partial charge in [0.25, 0.3) is 0 Å². The van der Waals surface area contributed by atoms with Gasteiger partial charge in [-0.2, -0.15) is 4.31 Å². The molecule has 34 heavy (non-hydrogen) atoms. The average Bonchev–Trinajstić information content (AvgIpc) is 3.32. The lowest BCUT2D eigenvalue weighted by Gasteiger charge is -2.28. The number of aliphatic carboxylic acids is 1. The lowest BCUT2D eigenvalue weighted by atomic mass is 9.91. The Bertz CT molecular complexity index is 1230. The second-order valence-corrected chi connectivity index (χ2v) is 10.2. The summed E-state index contributed by atoms with van der Waals surface area (Å²) in [6.45, 7) is 0.158. The van der Waals surface area contributed by atoms with Gasteiger partial charge in [-0.15, -0.1) is 0 Å². The number of carboxylic acid groups (broad SMARTS) is 1. The van der Waals surface area contributed by atoms with Crippen LogP contribution < -0.4 is 5.32 Å². The van der Waals surface area contributed by atoms with Crippen LogP contribution in [0.4, 0.5) is 0 Å². The smallest absolute Gasteiger partial charge is 0.326 e. The van der Waals surface area contributed by atoms with Crippen LogP contribution in [0, 0.1) is 0 Å². The van der Waals surface area contributed by atoms with Crippen molar-refractivity contribution < 1.29 is 23.1 Å².